The van der Waals surface area contributed by atoms with E-state index >= 15 is 0 Å². The quantitative estimate of drug-likeness (QED) is 0.0894. The Labute approximate surface area is 503 Å². The van der Waals surface area contributed by atoms with Gasteiger partial charge in [0.15, 0.2) is 0 Å². The van der Waals surface area contributed by atoms with E-state index in [1.807, 2.05) is 0 Å². The molecule has 0 saturated carbocycles. The lowest BCUT2D eigenvalue weighted by molar-refractivity contribution is 0.745. The molecule has 0 saturated heterocycles. The first-order valence-electron chi connectivity index (χ1n) is 29.5. The van der Waals surface area contributed by atoms with Crippen molar-refractivity contribution < 1.29 is 0 Å². The van der Waals surface area contributed by atoms with Crippen molar-refractivity contribution in [1.82, 2.24) is 0 Å². The Hall–Kier alpha value is -10.2. The van der Waals surface area contributed by atoms with Gasteiger partial charge in [-0.05, 0) is 223 Å². The highest BCUT2D eigenvalue weighted by Crippen LogP contribution is 2.50. The van der Waals surface area contributed by atoms with Crippen LogP contribution in [0, 0.1) is 55.4 Å². The molecule has 0 aromatic heterocycles. The van der Waals surface area contributed by atoms with Crippen molar-refractivity contribution in [2.24, 2.45) is 0 Å². The average Bonchev–Trinajstić information content (AvgIpc) is 1.28. The van der Waals surface area contributed by atoms with Crippen molar-refractivity contribution in [3.63, 3.8) is 0 Å². The molecule has 4 nitrogen and oxygen atoms in total. The molecule has 0 unspecified atom stereocenters. The van der Waals surface area contributed by atoms with Gasteiger partial charge in [-0.25, -0.2) is 0 Å². The molecule has 416 valence electrons. The number of aryl methyl sites for hydroxylation is 8. The molecule has 0 N–H and O–H groups in total. The number of benzene rings is 12. The van der Waals surface area contributed by atoms with Crippen LogP contribution in [0.5, 0.6) is 0 Å². The zero-order valence-electron chi connectivity index (χ0n) is 50.0. The highest BCUT2D eigenvalue weighted by molar-refractivity contribution is 5.82. The van der Waals surface area contributed by atoms with Crippen LogP contribution in [0.2, 0.25) is 0 Å². The van der Waals surface area contributed by atoms with Crippen LogP contribution in [-0.4, -0.2) is 0 Å². The van der Waals surface area contributed by atoms with Gasteiger partial charge in [0.25, 0.3) is 0 Å². The van der Waals surface area contributed by atoms with Crippen molar-refractivity contribution in [3.05, 3.63) is 358 Å². The SMILES string of the molecule is Cc1ccc(N(c2ccc(C)cc2)c2ccc(C(c3ccc(N(c4ccc(C)cc4)c4ccc(C)cc4)cc3)(c3ccc(N(c4ccc(C)cc4)c4ccc(C)cc4)cc3)c3ccc(N(c4ccc(C)cc4)c4ccc(C)cc4)cc3)cc2)cc1. The number of hydrogen-bond acceptors (Lipinski definition) is 4. The summed E-state index contributed by atoms with van der Waals surface area (Å²) in [7, 11) is 0. The molecule has 12 rings (SSSR count). The van der Waals surface area contributed by atoms with E-state index in [2.05, 4.69) is 366 Å². The molecule has 0 spiro atoms. The molecule has 12 aromatic carbocycles. The van der Waals surface area contributed by atoms with Gasteiger partial charge in [0, 0.05) is 68.2 Å². The Morgan fingerprint density at radius 2 is 0.235 bits per heavy atom. The fourth-order valence-corrected chi connectivity index (χ4v) is 11.8. The molecule has 4 heteroatoms. The molecule has 0 heterocycles. The first-order chi connectivity index (χ1) is 41.4. The Morgan fingerprint density at radius 1 is 0.141 bits per heavy atom. The minimum atomic E-state index is -0.845. The number of anilines is 12. The van der Waals surface area contributed by atoms with E-state index in [9.17, 15) is 0 Å². The molecule has 0 aliphatic carbocycles. The van der Waals surface area contributed by atoms with E-state index in [0.717, 1.165) is 90.5 Å². The van der Waals surface area contributed by atoms with Gasteiger partial charge >= 0.3 is 0 Å². The van der Waals surface area contributed by atoms with Crippen LogP contribution in [0.1, 0.15) is 66.8 Å². The average molecular weight is 1100 g/mol. The Morgan fingerprint density at radius 3 is 0.341 bits per heavy atom. The van der Waals surface area contributed by atoms with Crippen LogP contribution in [0.4, 0.5) is 68.2 Å². The predicted molar refractivity (Wildman–Crippen MR) is 361 cm³/mol. The monoisotopic (exact) mass is 1100 g/mol. The minimum absolute atomic E-state index is 0.845. The van der Waals surface area contributed by atoms with Crippen molar-refractivity contribution in [1.29, 1.82) is 0 Å². The lowest BCUT2D eigenvalue weighted by Crippen LogP contribution is -2.31. The lowest BCUT2D eigenvalue weighted by Gasteiger charge is -2.38. The number of rotatable bonds is 16. The first-order valence-corrected chi connectivity index (χ1v) is 29.5. The third kappa shape index (κ3) is 11.5. The van der Waals surface area contributed by atoms with E-state index < -0.39 is 5.41 Å². The summed E-state index contributed by atoms with van der Waals surface area (Å²) in [5.74, 6) is 0. The number of nitrogens with zero attached hydrogens (tertiary/aromatic N) is 4. The summed E-state index contributed by atoms with van der Waals surface area (Å²) < 4.78 is 0. The second-order valence-corrected chi connectivity index (χ2v) is 23.0. The second-order valence-electron chi connectivity index (χ2n) is 23.0. The summed E-state index contributed by atoms with van der Waals surface area (Å²) in [6.45, 7) is 17.2. The van der Waals surface area contributed by atoms with Crippen LogP contribution in [0.25, 0.3) is 0 Å². The third-order valence-corrected chi connectivity index (χ3v) is 16.6. The third-order valence-electron chi connectivity index (χ3n) is 16.6. The van der Waals surface area contributed by atoms with Crippen molar-refractivity contribution >= 4 is 68.2 Å². The fraction of sp³-hybridized carbons (Fsp3) is 0.111. The van der Waals surface area contributed by atoms with Gasteiger partial charge in [0.2, 0.25) is 0 Å². The summed E-state index contributed by atoms with van der Waals surface area (Å²) in [6.07, 6.45) is 0. The molecule has 0 fully saturated rings. The summed E-state index contributed by atoms with van der Waals surface area (Å²) >= 11 is 0. The Balaban J connectivity index is 1.10. The van der Waals surface area contributed by atoms with Gasteiger partial charge in [0.1, 0.15) is 0 Å². The van der Waals surface area contributed by atoms with Gasteiger partial charge < -0.3 is 19.6 Å². The first kappa shape index (κ1) is 55.4. The summed E-state index contributed by atoms with van der Waals surface area (Å²) in [6, 6.07) is 108. The molecular formula is C81H72N4. The molecule has 85 heavy (non-hydrogen) atoms. The predicted octanol–water partition coefficient (Wildman–Crippen LogP) is 22.4. The molecule has 0 bridgehead atoms. The number of hydrogen-bond donors (Lipinski definition) is 0. The maximum Gasteiger partial charge on any atom is 0.0701 e. The van der Waals surface area contributed by atoms with Gasteiger partial charge in [0.05, 0.1) is 5.41 Å². The molecule has 0 aliphatic heterocycles. The van der Waals surface area contributed by atoms with E-state index in [1.54, 1.807) is 0 Å². The van der Waals surface area contributed by atoms with Gasteiger partial charge in [-0.2, -0.15) is 0 Å². The normalized spacial score (nSPS) is 11.3. The maximum atomic E-state index is 2.36. The standard InChI is InChI=1S/C81H72N4/c1-57-9-33-69(34-10-57)82(70-35-11-58(2)12-36-70)77-49-25-65(26-50-77)81(66-27-51-78(52-28-66)83(71-37-13-59(3)14-38-71)72-39-15-60(4)16-40-72,67-29-53-79(54-30-67)84(73-41-17-61(5)18-42-73)74-43-19-62(6)20-44-74)68-31-55-80(56-32-68)85(75-45-21-63(7)22-46-75)76-47-23-64(8)24-48-76/h9-56H,1-8H3. The van der Waals surface area contributed by atoms with E-state index in [-0.39, 0.29) is 0 Å². The van der Waals surface area contributed by atoms with Gasteiger partial charge in [-0.1, -0.05) is 190 Å². The highest BCUT2D eigenvalue weighted by Gasteiger charge is 2.39. The highest BCUT2D eigenvalue weighted by atomic mass is 15.2. The van der Waals surface area contributed by atoms with Crippen LogP contribution in [-0.2, 0) is 5.41 Å². The summed E-state index contributed by atoms with van der Waals surface area (Å²) in [5.41, 5.74) is 26.5. The van der Waals surface area contributed by atoms with Gasteiger partial charge in [-0.15, -0.1) is 0 Å². The smallest absolute Gasteiger partial charge is 0.0701 e. The summed E-state index contributed by atoms with van der Waals surface area (Å²) in [4.78, 5) is 9.46. The van der Waals surface area contributed by atoms with E-state index in [4.69, 9.17) is 0 Å². The van der Waals surface area contributed by atoms with Crippen molar-refractivity contribution in [2.75, 3.05) is 19.6 Å². The summed E-state index contributed by atoms with van der Waals surface area (Å²) in [5, 5.41) is 0. The molecule has 0 radical (unpaired) electrons. The van der Waals surface area contributed by atoms with Crippen molar-refractivity contribution in [3.8, 4) is 0 Å². The zero-order chi connectivity index (χ0) is 58.6. The lowest BCUT2D eigenvalue weighted by atomic mass is 9.65. The van der Waals surface area contributed by atoms with E-state index in [0.29, 0.717) is 0 Å². The molecule has 0 aliphatic rings. The van der Waals surface area contributed by atoms with E-state index in [1.165, 1.54) is 44.5 Å². The minimum Gasteiger partial charge on any atom is -0.311 e. The zero-order valence-corrected chi connectivity index (χ0v) is 50.0. The van der Waals surface area contributed by atoms with Crippen LogP contribution in [0.15, 0.2) is 291 Å². The molecule has 12 aromatic rings. The Bertz CT molecular complexity index is 3410. The van der Waals surface area contributed by atoms with Gasteiger partial charge in [-0.3, -0.25) is 0 Å². The van der Waals surface area contributed by atoms with Crippen LogP contribution < -0.4 is 19.6 Å². The van der Waals surface area contributed by atoms with Crippen molar-refractivity contribution in [2.45, 2.75) is 60.8 Å². The van der Waals surface area contributed by atoms with Crippen LogP contribution >= 0.6 is 0 Å². The maximum absolute atomic E-state index is 2.36. The largest absolute Gasteiger partial charge is 0.311 e. The second kappa shape index (κ2) is 24.0. The topological polar surface area (TPSA) is 13.0 Å². The molecule has 0 atom stereocenters. The molecule has 0 amide bonds. The van der Waals surface area contributed by atoms with Crippen LogP contribution in [0.3, 0.4) is 0 Å². The fourth-order valence-electron chi connectivity index (χ4n) is 11.8. The molecular weight excluding hydrogens is 1030 g/mol. The Kier molecular flexibility index (Phi) is 15.6.